The molecule has 2 fully saturated rings. The zero-order valence-corrected chi connectivity index (χ0v) is 20.2. The minimum Gasteiger partial charge on any atom is -0.490 e. The van der Waals surface area contributed by atoms with Gasteiger partial charge in [0.25, 0.3) is 5.91 Å². The predicted molar refractivity (Wildman–Crippen MR) is 130 cm³/mol. The molecule has 2 aromatic carbocycles. The summed E-state index contributed by atoms with van der Waals surface area (Å²) in [6, 6.07) is 11.0. The number of ether oxygens (including phenoxy) is 2. The summed E-state index contributed by atoms with van der Waals surface area (Å²) in [6.07, 6.45) is 2.60. The highest BCUT2D eigenvalue weighted by atomic mass is 19.1. The second-order valence-corrected chi connectivity index (χ2v) is 9.75. The summed E-state index contributed by atoms with van der Waals surface area (Å²) < 4.78 is 25.5. The first-order valence-corrected chi connectivity index (χ1v) is 12.4. The van der Waals surface area contributed by atoms with Crippen molar-refractivity contribution in [2.24, 2.45) is 5.92 Å². The molecule has 2 aromatic rings. The van der Waals surface area contributed by atoms with E-state index in [2.05, 4.69) is 10.6 Å². The number of benzene rings is 2. The number of fused-ring (bicyclic) bond motifs is 2. The minimum atomic E-state index is -0.379. The fourth-order valence-corrected chi connectivity index (χ4v) is 4.82. The van der Waals surface area contributed by atoms with E-state index < -0.39 is 0 Å². The van der Waals surface area contributed by atoms with E-state index >= 15 is 0 Å². The monoisotopic (exact) mass is 495 g/mol. The Morgan fingerprint density at radius 1 is 1.11 bits per heavy atom. The van der Waals surface area contributed by atoms with Gasteiger partial charge < -0.3 is 25.0 Å². The normalized spacial score (nSPS) is 23.4. The Labute approximate surface area is 209 Å². The summed E-state index contributed by atoms with van der Waals surface area (Å²) in [5, 5.41) is 5.70. The van der Waals surface area contributed by atoms with Crippen LogP contribution in [-0.4, -0.2) is 54.5 Å². The summed E-state index contributed by atoms with van der Waals surface area (Å²) in [7, 11) is 1.75. The summed E-state index contributed by atoms with van der Waals surface area (Å²) in [5.74, 6) is -0.227. The molecule has 8 nitrogen and oxygen atoms in total. The van der Waals surface area contributed by atoms with Gasteiger partial charge in [0.1, 0.15) is 24.3 Å². The van der Waals surface area contributed by atoms with Crippen molar-refractivity contribution in [1.29, 1.82) is 0 Å². The molecule has 2 N–H and O–H groups in total. The second-order valence-electron chi connectivity index (χ2n) is 9.75. The van der Waals surface area contributed by atoms with E-state index in [1.807, 2.05) is 0 Å². The van der Waals surface area contributed by atoms with Gasteiger partial charge in [0.15, 0.2) is 0 Å². The molecular formula is C27H30FN3O5. The number of hydrogen-bond donors (Lipinski definition) is 2. The van der Waals surface area contributed by atoms with Crippen LogP contribution in [-0.2, 0) is 20.9 Å². The van der Waals surface area contributed by atoms with Gasteiger partial charge in [-0.05, 0) is 61.6 Å². The van der Waals surface area contributed by atoms with Crippen LogP contribution >= 0.6 is 0 Å². The van der Waals surface area contributed by atoms with E-state index in [9.17, 15) is 18.8 Å². The van der Waals surface area contributed by atoms with Gasteiger partial charge in [-0.3, -0.25) is 14.4 Å². The third kappa shape index (κ3) is 5.51. The lowest BCUT2D eigenvalue weighted by molar-refractivity contribution is -0.134. The molecular weight excluding hydrogens is 465 g/mol. The molecule has 3 amide bonds. The zero-order valence-electron chi connectivity index (χ0n) is 20.2. The van der Waals surface area contributed by atoms with Crippen LogP contribution in [0, 0.1) is 11.7 Å². The Balaban J connectivity index is 1.20. The second kappa shape index (κ2) is 10.3. The lowest BCUT2D eigenvalue weighted by Crippen LogP contribution is -2.53. The van der Waals surface area contributed by atoms with Crippen LogP contribution in [0.3, 0.4) is 0 Å². The van der Waals surface area contributed by atoms with Gasteiger partial charge in [0, 0.05) is 25.2 Å². The van der Waals surface area contributed by atoms with Crippen LogP contribution < -0.4 is 15.4 Å². The number of nitrogens with one attached hydrogen (secondary N) is 2. The third-order valence-electron chi connectivity index (χ3n) is 7.02. The van der Waals surface area contributed by atoms with E-state index in [1.54, 1.807) is 42.3 Å². The van der Waals surface area contributed by atoms with Crippen LogP contribution in [0.15, 0.2) is 42.5 Å². The highest BCUT2D eigenvalue weighted by Gasteiger charge is 2.39. The first-order valence-electron chi connectivity index (χ1n) is 12.4. The predicted octanol–water partition coefficient (Wildman–Crippen LogP) is 3.26. The topological polar surface area (TPSA) is 97.0 Å². The molecule has 3 atom stereocenters. The molecule has 2 heterocycles. The maximum atomic E-state index is 13.3. The molecule has 1 saturated heterocycles. The van der Waals surface area contributed by atoms with Crippen molar-refractivity contribution in [3.8, 4) is 5.75 Å². The van der Waals surface area contributed by atoms with Crippen molar-refractivity contribution in [1.82, 2.24) is 10.2 Å². The van der Waals surface area contributed by atoms with Crippen molar-refractivity contribution in [2.75, 3.05) is 19.0 Å². The molecule has 3 aliphatic rings. The lowest BCUT2D eigenvalue weighted by Gasteiger charge is -2.42. The third-order valence-corrected chi connectivity index (χ3v) is 7.02. The Morgan fingerprint density at radius 3 is 2.72 bits per heavy atom. The molecule has 36 heavy (non-hydrogen) atoms. The summed E-state index contributed by atoms with van der Waals surface area (Å²) >= 11 is 0. The van der Waals surface area contributed by atoms with Gasteiger partial charge in [-0.2, -0.15) is 0 Å². The van der Waals surface area contributed by atoms with Gasteiger partial charge in [-0.25, -0.2) is 4.39 Å². The van der Waals surface area contributed by atoms with Crippen molar-refractivity contribution < 1.29 is 28.2 Å². The Bertz CT molecular complexity index is 1170. The SMILES string of the molecule is CN1C(=O)c2cc(NC(=O)C3CC3)ccc2OC[C@@H]2O[C@H](CC(=O)NCc3cccc(F)c3)CC[C@@H]21. The van der Waals surface area contributed by atoms with Crippen molar-refractivity contribution in [2.45, 2.75) is 56.9 Å². The zero-order chi connectivity index (χ0) is 25.2. The number of hydrogen-bond acceptors (Lipinski definition) is 5. The number of anilines is 1. The molecule has 2 aliphatic heterocycles. The van der Waals surface area contributed by atoms with Gasteiger partial charge in [0.2, 0.25) is 11.8 Å². The van der Waals surface area contributed by atoms with E-state index in [-0.39, 0.29) is 67.3 Å². The number of likely N-dealkylation sites (N-methyl/N-ethyl adjacent to an activating group) is 1. The van der Waals surface area contributed by atoms with Crippen molar-refractivity contribution in [3.05, 3.63) is 59.4 Å². The average molecular weight is 496 g/mol. The Hall–Kier alpha value is -3.46. The minimum absolute atomic E-state index is 0.0192. The molecule has 1 saturated carbocycles. The quantitative estimate of drug-likeness (QED) is 0.641. The molecule has 0 aromatic heterocycles. The lowest BCUT2D eigenvalue weighted by atomic mass is 9.94. The number of carbonyl (C=O) groups is 3. The largest absolute Gasteiger partial charge is 0.490 e. The molecule has 9 heteroatoms. The summed E-state index contributed by atoms with van der Waals surface area (Å²) in [4.78, 5) is 39.6. The van der Waals surface area contributed by atoms with Crippen LogP contribution in [0.5, 0.6) is 5.75 Å². The molecule has 0 unspecified atom stereocenters. The van der Waals surface area contributed by atoms with Crippen molar-refractivity contribution in [3.63, 3.8) is 0 Å². The molecule has 190 valence electrons. The maximum Gasteiger partial charge on any atom is 0.257 e. The highest BCUT2D eigenvalue weighted by molar-refractivity contribution is 6.00. The Morgan fingerprint density at radius 2 is 1.94 bits per heavy atom. The smallest absolute Gasteiger partial charge is 0.257 e. The molecule has 5 rings (SSSR count). The molecule has 1 aliphatic carbocycles. The number of carbonyl (C=O) groups excluding carboxylic acids is 3. The van der Waals surface area contributed by atoms with Gasteiger partial charge in [-0.15, -0.1) is 0 Å². The summed E-state index contributed by atoms with van der Waals surface area (Å²) in [5.41, 5.74) is 1.68. The first-order chi connectivity index (χ1) is 17.4. The van der Waals surface area contributed by atoms with E-state index in [0.717, 1.165) is 12.8 Å². The fourth-order valence-electron chi connectivity index (χ4n) is 4.82. The van der Waals surface area contributed by atoms with E-state index in [0.29, 0.717) is 35.4 Å². The van der Waals surface area contributed by atoms with E-state index in [4.69, 9.17) is 9.47 Å². The maximum absolute atomic E-state index is 13.3. The van der Waals surface area contributed by atoms with Gasteiger partial charge >= 0.3 is 0 Å². The number of rotatable bonds is 6. The van der Waals surface area contributed by atoms with Crippen molar-refractivity contribution >= 4 is 23.4 Å². The Kier molecular flexibility index (Phi) is 6.91. The first kappa shape index (κ1) is 24.2. The molecule has 0 radical (unpaired) electrons. The average Bonchev–Trinajstić information content (AvgIpc) is 3.71. The number of amides is 3. The van der Waals surface area contributed by atoms with Gasteiger partial charge in [-0.1, -0.05) is 12.1 Å². The number of halogens is 1. The molecule has 0 bridgehead atoms. The number of nitrogens with zero attached hydrogens (tertiary/aromatic N) is 1. The highest BCUT2D eigenvalue weighted by Crippen LogP contribution is 2.34. The van der Waals surface area contributed by atoms with Gasteiger partial charge in [0.05, 0.1) is 24.1 Å². The van der Waals surface area contributed by atoms with Crippen LogP contribution in [0.2, 0.25) is 0 Å². The standard InChI is InChI=1S/C27H30FN3O5/c1-31-22-9-8-20(13-25(32)29-14-16-3-2-4-18(28)11-16)36-24(22)15-35-23-10-7-19(12-21(23)27(31)34)30-26(33)17-5-6-17/h2-4,7,10-12,17,20,22,24H,5-6,8-9,13-15H2,1H3,(H,29,32)(H,30,33)/t20-,22-,24-/m0/s1. The van der Waals surface area contributed by atoms with Crippen LogP contribution in [0.1, 0.15) is 48.0 Å². The fraction of sp³-hybridized carbons (Fsp3) is 0.444. The van der Waals surface area contributed by atoms with Crippen LogP contribution in [0.25, 0.3) is 0 Å². The summed E-state index contributed by atoms with van der Waals surface area (Å²) in [6.45, 7) is 0.486. The van der Waals surface area contributed by atoms with E-state index in [1.165, 1.54) is 12.1 Å². The molecule has 0 spiro atoms. The van der Waals surface area contributed by atoms with Crippen LogP contribution in [0.4, 0.5) is 10.1 Å².